The lowest BCUT2D eigenvalue weighted by molar-refractivity contribution is -0.136. The molecule has 8 nitrogen and oxygen atoms in total. The fraction of sp³-hybridized carbons (Fsp3) is 0.300. The fourth-order valence-corrected chi connectivity index (χ4v) is 2.11. The van der Waals surface area contributed by atoms with Crippen molar-refractivity contribution in [1.29, 1.82) is 0 Å². The van der Waals surface area contributed by atoms with Gasteiger partial charge in [0, 0.05) is 18.2 Å². The number of thiazole rings is 1. The number of hydrogen-bond acceptors (Lipinski definition) is 6. The highest BCUT2D eigenvalue weighted by Gasteiger charge is 2.19. The topological polar surface area (TPSA) is 121 Å². The Morgan fingerprint density at radius 3 is 2.89 bits per heavy atom. The summed E-state index contributed by atoms with van der Waals surface area (Å²) in [6.45, 7) is 0. The van der Waals surface area contributed by atoms with Crippen LogP contribution >= 0.6 is 11.3 Å². The number of nitrogens with zero attached hydrogens (tertiary/aromatic N) is 2. The quantitative estimate of drug-likeness (QED) is 0.716. The Bertz CT molecular complexity index is 566. The Labute approximate surface area is 111 Å². The zero-order chi connectivity index (χ0) is 13.8. The summed E-state index contributed by atoms with van der Waals surface area (Å²) in [4.78, 5) is 37.1. The van der Waals surface area contributed by atoms with Gasteiger partial charge in [0.1, 0.15) is 5.71 Å². The fourth-order valence-electron chi connectivity index (χ4n) is 1.41. The van der Waals surface area contributed by atoms with Gasteiger partial charge in [0.25, 0.3) is 5.91 Å². The predicted molar refractivity (Wildman–Crippen MR) is 66.9 cm³/mol. The lowest BCUT2D eigenvalue weighted by Crippen LogP contribution is -2.32. The van der Waals surface area contributed by atoms with Gasteiger partial charge >= 0.3 is 5.97 Å². The van der Waals surface area contributed by atoms with Crippen LogP contribution in [0.25, 0.3) is 0 Å². The second-order valence-corrected chi connectivity index (χ2v) is 4.62. The highest BCUT2D eigenvalue weighted by molar-refractivity contribution is 7.14. The van der Waals surface area contributed by atoms with E-state index < -0.39 is 11.9 Å². The Hall–Kier alpha value is -2.29. The number of aromatic nitrogens is 1. The molecule has 2 amide bonds. The van der Waals surface area contributed by atoms with Crippen molar-refractivity contribution in [3.63, 3.8) is 0 Å². The van der Waals surface area contributed by atoms with Crippen molar-refractivity contribution in [2.45, 2.75) is 19.3 Å². The van der Waals surface area contributed by atoms with Crippen molar-refractivity contribution < 1.29 is 19.5 Å². The molecule has 1 aromatic rings. The minimum absolute atomic E-state index is 0.191. The molecule has 0 bridgehead atoms. The Morgan fingerprint density at radius 1 is 1.47 bits per heavy atom. The number of aliphatic carboxylic acids is 1. The number of carboxylic acids is 1. The predicted octanol–water partition coefficient (Wildman–Crippen LogP) is -0.0253. The summed E-state index contributed by atoms with van der Waals surface area (Å²) in [5.41, 5.74) is 2.82. The van der Waals surface area contributed by atoms with Crippen molar-refractivity contribution in [2.24, 2.45) is 5.10 Å². The molecule has 0 aromatic carbocycles. The van der Waals surface area contributed by atoms with E-state index in [1.165, 1.54) is 0 Å². The second-order valence-electron chi connectivity index (χ2n) is 3.76. The summed E-state index contributed by atoms with van der Waals surface area (Å²) < 4.78 is 0. The van der Waals surface area contributed by atoms with Crippen LogP contribution in [0.2, 0.25) is 0 Å². The van der Waals surface area contributed by atoms with Gasteiger partial charge in [-0.25, -0.2) is 10.4 Å². The van der Waals surface area contributed by atoms with E-state index in [0.717, 1.165) is 11.3 Å². The first kappa shape index (κ1) is 13.1. The molecule has 0 spiro atoms. The maximum Gasteiger partial charge on any atom is 0.309 e. The summed E-state index contributed by atoms with van der Waals surface area (Å²) in [7, 11) is 0. The molecule has 0 saturated heterocycles. The van der Waals surface area contributed by atoms with Crippen LogP contribution in [-0.2, 0) is 20.8 Å². The van der Waals surface area contributed by atoms with Crippen LogP contribution in [0.4, 0.5) is 5.13 Å². The van der Waals surface area contributed by atoms with E-state index in [1.54, 1.807) is 5.38 Å². The summed E-state index contributed by atoms with van der Waals surface area (Å²) in [6.07, 6.45) is 0.294. The first-order chi connectivity index (χ1) is 9.04. The number of carbonyl (C=O) groups is 3. The highest BCUT2D eigenvalue weighted by atomic mass is 32.1. The maximum absolute atomic E-state index is 11.8. The average Bonchev–Trinajstić information content (AvgIpc) is 2.76. The number of hydrazone groups is 1. The number of rotatable bonds is 4. The first-order valence-corrected chi connectivity index (χ1v) is 6.25. The third-order valence-electron chi connectivity index (χ3n) is 2.27. The monoisotopic (exact) mass is 282 g/mol. The smallest absolute Gasteiger partial charge is 0.309 e. The third kappa shape index (κ3) is 3.58. The van der Waals surface area contributed by atoms with E-state index in [4.69, 9.17) is 5.11 Å². The van der Waals surface area contributed by atoms with E-state index in [1.807, 2.05) is 0 Å². The number of anilines is 1. The SMILES string of the molecule is O=C(O)Cc1csc(NC(=O)C2=NNC(=O)CC2)n1. The van der Waals surface area contributed by atoms with Gasteiger partial charge in [-0.3, -0.25) is 19.7 Å². The molecule has 0 fully saturated rings. The molecule has 1 aliphatic heterocycles. The molecule has 1 aliphatic rings. The summed E-state index contributed by atoms with van der Waals surface area (Å²) in [6, 6.07) is 0. The molecule has 0 saturated carbocycles. The van der Waals surface area contributed by atoms with Gasteiger partial charge in [0.2, 0.25) is 5.91 Å². The van der Waals surface area contributed by atoms with E-state index in [2.05, 4.69) is 20.8 Å². The van der Waals surface area contributed by atoms with E-state index in [-0.39, 0.29) is 30.9 Å². The van der Waals surface area contributed by atoms with Crippen molar-refractivity contribution in [3.8, 4) is 0 Å². The van der Waals surface area contributed by atoms with Crippen molar-refractivity contribution in [3.05, 3.63) is 11.1 Å². The number of amides is 2. The highest BCUT2D eigenvalue weighted by Crippen LogP contribution is 2.16. The van der Waals surface area contributed by atoms with Crippen LogP contribution in [0.3, 0.4) is 0 Å². The van der Waals surface area contributed by atoms with E-state index in [9.17, 15) is 14.4 Å². The van der Waals surface area contributed by atoms with Gasteiger partial charge < -0.3 is 5.11 Å². The molecule has 0 atom stereocenters. The van der Waals surface area contributed by atoms with Crippen molar-refractivity contribution >= 4 is 40.0 Å². The number of carbonyl (C=O) groups excluding carboxylic acids is 2. The summed E-state index contributed by atoms with van der Waals surface area (Å²) in [5.74, 6) is -1.66. The molecular formula is C10H10N4O4S. The van der Waals surface area contributed by atoms with Crippen molar-refractivity contribution in [1.82, 2.24) is 10.4 Å². The Kier molecular flexibility index (Phi) is 3.85. The van der Waals surface area contributed by atoms with Crippen LogP contribution in [0.5, 0.6) is 0 Å². The molecular weight excluding hydrogens is 272 g/mol. The molecule has 100 valence electrons. The maximum atomic E-state index is 11.8. The standard InChI is InChI=1S/C10H10N4O4S/c15-7-2-1-6(13-14-7)9(18)12-10-11-5(4-19-10)3-8(16)17/h4H,1-3H2,(H,14,15)(H,16,17)(H,11,12,18). The van der Waals surface area contributed by atoms with Gasteiger partial charge in [-0.1, -0.05) is 0 Å². The first-order valence-electron chi connectivity index (χ1n) is 5.37. The van der Waals surface area contributed by atoms with Gasteiger partial charge in [-0.15, -0.1) is 11.3 Å². The van der Waals surface area contributed by atoms with E-state index in [0.29, 0.717) is 10.8 Å². The number of carboxylic acid groups (broad SMARTS) is 1. The molecule has 19 heavy (non-hydrogen) atoms. The zero-order valence-corrected chi connectivity index (χ0v) is 10.5. The number of nitrogens with one attached hydrogen (secondary N) is 2. The van der Waals surface area contributed by atoms with Crippen molar-refractivity contribution in [2.75, 3.05) is 5.32 Å². The van der Waals surface area contributed by atoms with Crippen LogP contribution in [0, 0.1) is 0 Å². The lowest BCUT2D eigenvalue weighted by Gasteiger charge is -2.10. The second kappa shape index (κ2) is 5.57. The number of hydrogen-bond donors (Lipinski definition) is 3. The molecule has 0 unspecified atom stereocenters. The Morgan fingerprint density at radius 2 is 2.26 bits per heavy atom. The molecule has 2 rings (SSSR count). The lowest BCUT2D eigenvalue weighted by atomic mass is 10.2. The van der Waals surface area contributed by atoms with E-state index >= 15 is 0 Å². The van der Waals surface area contributed by atoms with Gasteiger partial charge in [0.15, 0.2) is 5.13 Å². The molecule has 9 heteroatoms. The minimum Gasteiger partial charge on any atom is -0.481 e. The average molecular weight is 282 g/mol. The largest absolute Gasteiger partial charge is 0.481 e. The minimum atomic E-state index is -0.984. The zero-order valence-electron chi connectivity index (χ0n) is 9.67. The van der Waals surface area contributed by atoms with Crippen LogP contribution in [-0.4, -0.2) is 33.6 Å². The van der Waals surface area contributed by atoms with Crippen LogP contribution < -0.4 is 10.7 Å². The van der Waals surface area contributed by atoms with Gasteiger partial charge in [-0.2, -0.15) is 5.10 Å². The summed E-state index contributed by atoms with van der Waals surface area (Å²) in [5, 5.41) is 16.6. The molecule has 0 aliphatic carbocycles. The molecule has 0 radical (unpaired) electrons. The van der Waals surface area contributed by atoms with Gasteiger partial charge in [-0.05, 0) is 0 Å². The normalized spacial score (nSPS) is 14.5. The molecule has 2 heterocycles. The Balaban J connectivity index is 1.97. The molecule has 1 aromatic heterocycles. The third-order valence-corrected chi connectivity index (χ3v) is 3.08. The van der Waals surface area contributed by atoms with Gasteiger partial charge in [0.05, 0.1) is 12.1 Å². The van der Waals surface area contributed by atoms with Crippen LogP contribution in [0.1, 0.15) is 18.5 Å². The summed E-state index contributed by atoms with van der Waals surface area (Å²) >= 11 is 1.14. The molecule has 3 N–H and O–H groups in total. The van der Waals surface area contributed by atoms with Crippen LogP contribution in [0.15, 0.2) is 10.5 Å².